The van der Waals surface area contributed by atoms with Crippen LogP contribution in [0.25, 0.3) is 0 Å². The number of aryl methyl sites for hydroxylation is 1. The number of rotatable bonds is 5. The topological polar surface area (TPSA) is 34.8 Å². The smallest absolute Gasteiger partial charge is 0.118 e. The van der Waals surface area contributed by atoms with Gasteiger partial charge in [0, 0.05) is 43.4 Å². The highest BCUT2D eigenvalue weighted by atomic mass is 32.2. The molecule has 0 radical (unpaired) electrons. The quantitative estimate of drug-likeness (QED) is 0.825. The summed E-state index contributed by atoms with van der Waals surface area (Å²) in [5.74, 6) is 3.97. The van der Waals surface area contributed by atoms with Gasteiger partial charge in [0.25, 0.3) is 0 Å². The van der Waals surface area contributed by atoms with Gasteiger partial charge in [-0.25, -0.2) is 0 Å². The van der Waals surface area contributed by atoms with Crippen LogP contribution in [0.15, 0.2) is 16.5 Å². The number of nitrogens with zero attached hydrogens (tertiary/aromatic N) is 1. The monoisotopic (exact) mass is 337 g/mol. The van der Waals surface area contributed by atoms with E-state index in [0.29, 0.717) is 16.8 Å². The maximum Gasteiger partial charge on any atom is 0.118 e. The van der Waals surface area contributed by atoms with Crippen LogP contribution in [-0.4, -0.2) is 54.4 Å². The lowest BCUT2D eigenvalue weighted by molar-refractivity contribution is -0.0137. The van der Waals surface area contributed by atoms with E-state index >= 15 is 0 Å². The summed E-state index contributed by atoms with van der Waals surface area (Å²) in [5.41, 5.74) is 0. The molecule has 0 aliphatic carbocycles. The van der Waals surface area contributed by atoms with Crippen LogP contribution >= 0.6 is 11.8 Å². The van der Waals surface area contributed by atoms with Gasteiger partial charge < -0.3 is 13.9 Å². The summed E-state index contributed by atoms with van der Waals surface area (Å²) in [7, 11) is 0. The first-order valence-corrected chi connectivity index (χ1v) is 9.80. The molecule has 4 nitrogen and oxygen atoms in total. The number of hydrogen-bond acceptors (Lipinski definition) is 5. The van der Waals surface area contributed by atoms with Crippen LogP contribution in [0.2, 0.25) is 0 Å². The highest BCUT2D eigenvalue weighted by Crippen LogP contribution is 2.46. The van der Waals surface area contributed by atoms with Crippen LogP contribution in [0.1, 0.15) is 30.8 Å². The van der Waals surface area contributed by atoms with Gasteiger partial charge in [-0.1, -0.05) is 0 Å². The fourth-order valence-corrected chi connectivity index (χ4v) is 5.59. The molecule has 4 rings (SSSR count). The molecule has 3 fully saturated rings. The summed E-state index contributed by atoms with van der Waals surface area (Å²) in [6.07, 6.45) is 4.01. The number of furan rings is 1. The molecule has 0 bridgehead atoms. The molecule has 1 spiro atoms. The average Bonchev–Trinajstić information content (AvgIpc) is 3.13. The fraction of sp³-hybridized carbons (Fsp3) is 0.778. The Balaban J connectivity index is 1.19. The van der Waals surface area contributed by atoms with Crippen LogP contribution in [0.4, 0.5) is 0 Å². The molecule has 5 heteroatoms. The minimum absolute atomic E-state index is 0.446. The van der Waals surface area contributed by atoms with E-state index in [-0.39, 0.29) is 0 Å². The van der Waals surface area contributed by atoms with Crippen molar-refractivity contribution in [1.82, 2.24) is 4.90 Å². The number of thioether (sulfide) groups is 1. The summed E-state index contributed by atoms with van der Waals surface area (Å²) in [5, 5.41) is 0. The Morgan fingerprint density at radius 1 is 1.30 bits per heavy atom. The van der Waals surface area contributed by atoms with Gasteiger partial charge in [-0.05, 0) is 44.2 Å². The SMILES string of the molecule is Cc1ccc(CN2CC3(C[C@H](OCC4CCOCC4)CS3)C2)o1. The lowest BCUT2D eigenvalue weighted by Gasteiger charge is -2.47. The van der Waals surface area contributed by atoms with Gasteiger partial charge in [-0.3, -0.25) is 4.90 Å². The second-order valence-corrected chi connectivity index (χ2v) is 8.85. The molecule has 128 valence electrons. The van der Waals surface area contributed by atoms with Gasteiger partial charge in [0.2, 0.25) is 0 Å². The predicted molar refractivity (Wildman–Crippen MR) is 91.8 cm³/mol. The second kappa shape index (κ2) is 6.79. The molecule has 23 heavy (non-hydrogen) atoms. The highest BCUT2D eigenvalue weighted by Gasteiger charge is 2.49. The first-order valence-electron chi connectivity index (χ1n) is 8.82. The van der Waals surface area contributed by atoms with Crippen LogP contribution < -0.4 is 0 Å². The molecular weight excluding hydrogens is 310 g/mol. The van der Waals surface area contributed by atoms with E-state index in [9.17, 15) is 0 Å². The molecule has 4 heterocycles. The molecule has 1 aromatic rings. The largest absolute Gasteiger partial charge is 0.465 e. The molecule has 0 aromatic carbocycles. The van der Waals surface area contributed by atoms with Crippen molar-refractivity contribution in [3.8, 4) is 0 Å². The Hall–Kier alpha value is -0.490. The highest BCUT2D eigenvalue weighted by molar-refractivity contribution is 8.01. The van der Waals surface area contributed by atoms with E-state index < -0.39 is 0 Å². The maximum atomic E-state index is 6.22. The predicted octanol–water partition coefficient (Wildman–Crippen LogP) is 3.09. The summed E-state index contributed by atoms with van der Waals surface area (Å²) in [6.45, 7) is 8.07. The van der Waals surface area contributed by atoms with Crippen molar-refractivity contribution in [2.24, 2.45) is 5.92 Å². The average molecular weight is 337 g/mol. The fourth-order valence-electron chi connectivity index (χ4n) is 3.99. The normalized spacial score (nSPS) is 28.3. The number of likely N-dealkylation sites (tertiary alicyclic amines) is 1. The van der Waals surface area contributed by atoms with E-state index in [1.807, 2.05) is 6.92 Å². The van der Waals surface area contributed by atoms with Crippen LogP contribution in [0, 0.1) is 12.8 Å². The van der Waals surface area contributed by atoms with Gasteiger partial charge >= 0.3 is 0 Å². The van der Waals surface area contributed by atoms with Gasteiger partial charge in [0.15, 0.2) is 0 Å². The zero-order valence-corrected chi connectivity index (χ0v) is 14.8. The minimum atomic E-state index is 0.446. The summed E-state index contributed by atoms with van der Waals surface area (Å²) in [4.78, 5) is 2.49. The molecule has 0 N–H and O–H groups in total. The molecule has 1 aromatic heterocycles. The van der Waals surface area contributed by atoms with Crippen molar-refractivity contribution >= 4 is 11.8 Å². The minimum Gasteiger partial charge on any atom is -0.465 e. The van der Waals surface area contributed by atoms with Crippen molar-refractivity contribution in [2.75, 3.05) is 38.7 Å². The first kappa shape index (κ1) is 16.0. The molecular formula is C18H27NO3S. The molecule has 3 saturated heterocycles. The van der Waals surface area contributed by atoms with Crippen molar-refractivity contribution in [3.63, 3.8) is 0 Å². The van der Waals surface area contributed by atoms with Gasteiger partial charge in [0.1, 0.15) is 11.5 Å². The van der Waals surface area contributed by atoms with Crippen molar-refractivity contribution in [1.29, 1.82) is 0 Å². The number of ether oxygens (including phenoxy) is 2. The van der Waals surface area contributed by atoms with Crippen LogP contribution in [0.5, 0.6) is 0 Å². The third-order valence-corrected chi connectivity index (χ3v) is 6.86. The van der Waals surface area contributed by atoms with Crippen molar-refractivity contribution < 1.29 is 13.9 Å². The standard InChI is InChI=1S/C18H27NO3S/c1-14-2-3-16(22-14)9-19-12-18(13-19)8-17(11-23-18)21-10-15-4-6-20-7-5-15/h2-3,15,17H,4-13H2,1H3/t17-/m0/s1. The summed E-state index contributed by atoms with van der Waals surface area (Å²) in [6, 6.07) is 4.15. The maximum absolute atomic E-state index is 6.22. The molecule has 3 aliphatic rings. The van der Waals surface area contributed by atoms with Crippen LogP contribution in [0.3, 0.4) is 0 Å². The summed E-state index contributed by atoms with van der Waals surface area (Å²) < 4.78 is 17.8. The van der Waals surface area contributed by atoms with Gasteiger partial charge in [-0.15, -0.1) is 11.8 Å². The Labute approximate surface area is 142 Å². The Morgan fingerprint density at radius 3 is 2.87 bits per heavy atom. The molecule has 3 aliphatic heterocycles. The van der Waals surface area contributed by atoms with Gasteiger partial charge in [-0.2, -0.15) is 0 Å². The molecule has 0 saturated carbocycles. The van der Waals surface area contributed by atoms with E-state index in [2.05, 4.69) is 28.8 Å². The third kappa shape index (κ3) is 3.78. The Kier molecular flexibility index (Phi) is 4.72. The van der Waals surface area contributed by atoms with Crippen LogP contribution in [-0.2, 0) is 16.0 Å². The zero-order valence-electron chi connectivity index (χ0n) is 14.0. The summed E-state index contributed by atoms with van der Waals surface area (Å²) >= 11 is 2.12. The van der Waals surface area contributed by atoms with E-state index in [4.69, 9.17) is 13.9 Å². The number of hydrogen-bond donors (Lipinski definition) is 0. The Morgan fingerprint density at radius 2 is 2.13 bits per heavy atom. The molecule has 0 amide bonds. The van der Waals surface area contributed by atoms with E-state index in [1.165, 1.54) is 32.4 Å². The molecule has 0 unspecified atom stereocenters. The third-order valence-electron chi connectivity index (χ3n) is 5.28. The second-order valence-electron chi connectivity index (χ2n) is 7.37. The lowest BCUT2D eigenvalue weighted by atomic mass is 9.92. The lowest BCUT2D eigenvalue weighted by Crippen LogP contribution is -2.58. The van der Waals surface area contributed by atoms with Gasteiger partial charge in [0.05, 0.1) is 12.6 Å². The van der Waals surface area contributed by atoms with E-state index in [1.54, 1.807) is 0 Å². The Bertz CT molecular complexity index is 520. The molecule has 1 atom stereocenters. The zero-order chi connectivity index (χ0) is 15.7. The van der Waals surface area contributed by atoms with Crippen molar-refractivity contribution in [3.05, 3.63) is 23.7 Å². The first-order chi connectivity index (χ1) is 11.2. The van der Waals surface area contributed by atoms with E-state index in [0.717, 1.165) is 43.6 Å². The van der Waals surface area contributed by atoms with Crippen molar-refractivity contribution in [2.45, 2.75) is 43.6 Å².